The van der Waals surface area contributed by atoms with Crippen molar-refractivity contribution in [2.75, 3.05) is 31.6 Å². The molecular weight excluding hydrogens is 420 g/mol. The Morgan fingerprint density at radius 2 is 1.87 bits per heavy atom. The molecule has 31 heavy (non-hydrogen) atoms. The Labute approximate surface area is 182 Å². The molecule has 1 fully saturated rings. The summed E-state index contributed by atoms with van der Waals surface area (Å²) in [6, 6.07) is 11.8. The van der Waals surface area contributed by atoms with Crippen molar-refractivity contribution in [3.8, 4) is 17.2 Å². The summed E-state index contributed by atoms with van der Waals surface area (Å²) in [5.41, 5.74) is 0.353. The Morgan fingerprint density at radius 1 is 1.13 bits per heavy atom. The minimum Gasteiger partial charge on any atom is -0.492 e. The molecule has 1 unspecified atom stereocenters. The quantitative estimate of drug-likeness (QED) is 0.733. The molecule has 0 spiro atoms. The number of amides is 1. The Kier molecular flexibility index (Phi) is 6.33. The second kappa shape index (κ2) is 9.15. The van der Waals surface area contributed by atoms with Crippen molar-refractivity contribution < 1.29 is 27.4 Å². The van der Waals surface area contributed by atoms with E-state index < -0.39 is 22.0 Å². The molecule has 2 aliphatic heterocycles. The van der Waals surface area contributed by atoms with Gasteiger partial charge in [0.25, 0.3) is 5.91 Å². The van der Waals surface area contributed by atoms with Gasteiger partial charge >= 0.3 is 0 Å². The predicted molar refractivity (Wildman–Crippen MR) is 115 cm³/mol. The van der Waals surface area contributed by atoms with Crippen LogP contribution in [0.4, 0.5) is 5.69 Å². The van der Waals surface area contributed by atoms with Crippen LogP contribution in [-0.2, 0) is 14.8 Å². The maximum atomic E-state index is 13.2. The number of piperidine rings is 1. The summed E-state index contributed by atoms with van der Waals surface area (Å²) in [7, 11) is -3.74. The first-order chi connectivity index (χ1) is 15.0. The van der Waals surface area contributed by atoms with Crippen LogP contribution < -0.4 is 19.5 Å². The van der Waals surface area contributed by atoms with Gasteiger partial charge in [0.05, 0.1) is 6.61 Å². The van der Waals surface area contributed by atoms with E-state index in [1.807, 2.05) is 6.07 Å². The molecule has 166 valence electrons. The normalized spacial score (nSPS) is 18.9. The molecule has 1 amide bonds. The molecule has 1 N–H and O–H groups in total. The first kappa shape index (κ1) is 21.5. The third-order valence-corrected chi connectivity index (χ3v) is 7.16. The zero-order valence-electron chi connectivity index (χ0n) is 17.4. The van der Waals surface area contributed by atoms with Gasteiger partial charge < -0.3 is 19.5 Å². The fourth-order valence-corrected chi connectivity index (χ4v) is 5.35. The summed E-state index contributed by atoms with van der Waals surface area (Å²) in [4.78, 5) is 12.8. The van der Waals surface area contributed by atoms with Crippen LogP contribution in [0.25, 0.3) is 0 Å². The summed E-state index contributed by atoms with van der Waals surface area (Å²) in [5.74, 6) is 0.939. The number of sulfonamides is 1. The van der Waals surface area contributed by atoms with Crippen LogP contribution >= 0.6 is 0 Å². The number of fused-ring (bicyclic) bond motifs is 1. The van der Waals surface area contributed by atoms with E-state index in [1.165, 1.54) is 10.4 Å². The highest BCUT2D eigenvalue weighted by Crippen LogP contribution is 2.33. The molecule has 9 heteroatoms. The molecule has 2 aromatic carbocycles. The molecule has 0 aromatic heterocycles. The van der Waals surface area contributed by atoms with Gasteiger partial charge in [-0.15, -0.1) is 0 Å². The lowest BCUT2D eigenvalue weighted by molar-refractivity contribution is -0.125. The second-order valence-corrected chi connectivity index (χ2v) is 9.32. The summed E-state index contributed by atoms with van der Waals surface area (Å²) < 4.78 is 44.9. The van der Waals surface area contributed by atoms with Crippen molar-refractivity contribution >= 4 is 21.6 Å². The summed E-state index contributed by atoms with van der Waals surface area (Å²) >= 11 is 0. The van der Waals surface area contributed by atoms with Crippen LogP contribution in [-0.4, -0.2) is 51.0 Å². The van der Waals surface area contributed by atoms with Gasteiger partial charge in [0.1, 0.15) is 17.3 Å². The SMILES string of the molecule is CCOc1ccc(NC(=O)C2COc3ccccc3O2)cc1S(=O)(=O)N1CCCCC1. The Hall–Kier alpha value is -2.78. The molecule has 1 atom stereocenters. The minimum absolute atomic E-state index is 0.0557. The average molecular weight is 447 g/mol. The van der Waals surface area contributed by atoms with E-state index in [-0.39, 0.29) is 17.3 Å². The fourth-order valence-electron chi connectivity index (χ4n) is 3.68. The lowest BCUT2D eigenvalue weighted by Crippen LogP contribution is -2.40. The lowest BCUT2D eigenvalue weighted by Gasteiger charge is -2.27. The first-order valence-electron chi connectivity index (χ1n) is 10.5. The van der Waals surface area contributed by atoms with Gasteiger partial charge in [0.2, 0.25) is 16.1 Å². The largest absolute Gasteiger partial charge is 0.492 e. The van der Waals surface area contributed by atoms with E-state index in [2.05, 4.69) is 5.32 Å². The molecule has 0 radical (unpaired) electrons. The first-order valence-corrected chi connectivity index (χ1v) is 11.9. The van der Waals surface area contributed by atoms with E-state index in [1.54, 1.807) is 37.3 Å². The minimum atomic E-state index is -3.74. The third kappa shape index (κ3) is 4.62. The van der Waals surface area contributed by atoms with E-state index in [0.29, 0.717) is 36.9 Å². The predicted octanol–water partition coefficient (Wildman–Crippen LogP) is 3.04. The number of nitrogens with zero attached hydrogens (tertiary/aromatic N) is 1. The summed E-state index contributed by atoms with van der Waals surface area (Å²) in [6.07, 6.45) is 1.84. The number of carbonyl (C=O) groups is 1. The van der Waals surface area contributed by atoms with Gasteiger partial charge in [-0.25, -0.2) is 8.42 Å². The van der Waals surface area contributed by atoms with Crippen molar-refractivity contribution in [3.63, 3.8) is 0 Å². The Balaban J connectivity index is 1.55. The number of carbonyl (C=O) groups excluding carboxylic acids is 1. The lowest BCUT2D eigenvalue weighted by atomic mass is 10.2. The Morgan fingerprint density at radius 3 is 2.61 bits per heavy atom. The van der Waals surface area contributed by atoms with E-state index in [4.69, 9.17) is 14.2 Å². The van der Waals surface area contributed by atoms with Crippen LogP contribution in [0, 0.1) is 0 Å². The molecule has 0 bridgehead atoms. The molecular formula is C22H26N2O6S. The number of rotatable bonds is 6. The number of nitrogens with one attached hydrogen (secondary N) is 1. The summed E-state index contributed by atoms with van der Waals surface area (Å²) in [5, 5.41) is 2.74. The topological polar surface area (TPSA) is 94.2 Å². The van der Waals surface area contributed by atoms with Crippen molar-refractivity contribution in [2.24, 2.45) is 0 Å². The van der Waals surface area contributed by atoms with Crippen molar-refractivity contribution in [3.05, 3.63) is 42.5 Å². The highest BCUT2D eigenvalue weighted by atomic mass is 32.2. The maximum absolute atomic E-state index is 13.2. The fraction of sp³-hybridized carbons (Fsp3) is 0.409. The smallest absolute Gasteiger partial charge is 0.269 e. The van der Waals surface area contributed by atoms with Gasteiger partial charge in [-0.2, -0.15) is 4.31 Å². The number of para-hydroxylation sites is 2. The Bertz CT molecular complexity index is 1050. The van der Waals surface area contributed by atoms with Gasteiger partial charge in [-0.3, -0.25) is 4.79 Å². The van der Waals surface area contributed by atoms with Gasteiger partial charge in [-0.05, 0) is 50.1 Å². The van der Waals surface area contributed by atoms with Crippen LogP contribution in [0.15, 0.2) is 47.4 Å². The van der Waals surface area contributed by atoms with Crippen LogP contribution in [0.3, 0.4) is 0 Å². The maximum Gasteiger partial charge on any atom is 0.269 e. The number of ether oxygens (including phenoxy) is 3. The zero-order chi connectivity index (χ0) is 21.8. The van der Waals surface area contributed by atoms with Crippen molar-refractivity contribution in [1.82, 2.24) is 4.31 Å². The molecule has 8 nitrogen and oxygen atoms in total. The monoisotopic (exact) mass is 446 g/mol. The van der Waals surface area contributed by atoms with Crippen LogP contribution in [0.1, 0.15) is 26.2 Å². The van der Waals surface area contributed by atoms with Crippen LogP contribution in [0.2, 0.25) is 0 Å². The third-order valence-electron chi connectivity index (χ3n) is 5.24. The standard InChI is InChI=1S/C22H26N2O6S/c1-2-28-19-11-10-16(14-21(19)31(26,27)24-12-6-3-7-13-24)23-22(25)20-15-29-17-8-4-5-9-18(17)30-20/h4-5,8-11,14,20H,2-3,6-7,12-13,15H2,1H3,(H,23,25). The molecule has 0 aliphatic carbocycles. The molecule has 1 saturated heterocycles. The second-order valence-electron chi connectivity index (χ2n) is 7.41. The summed E-state index contributed by atoms with van der Waals surface area (Å²) in [6.45, 7) is 3.17. The molecule has 2 aromatic rings. The molecule has 2 aliphatic rings. The van der Waals surface area contributed by atoms with Gasteiger partial charge in [0, 0.05) is 18.8 Å². The van der Waals surface area contributed by atoms with Crippen molar-refractivity contribution in [1.29, 1.82) is 0 Å². The number of hydrogen-bond acceptors (Lipinski definition) is 6. The molecule has 4 rings (SSSR count). The number of benzene rings is 2. The van der Waals surface area contributed by atoms with E-state index in [0.717, 1.165) is 19.3 Å². The van der Waals surface area contributed by atoms with E-state index >= 15 is 0 Å². The molecule has 0 saturated carbocycles. The van der Waals surface area contributed by atoms with Gasteiger partial charge in [0.15, 0.2) is 11.5 Å². The number of hydrogen-bond donors (Lipinski definition) is 1. The molecule has 2 heterocycles. The van der Waals surface area contributed by atoms with E-state index in [9.17, 15) is 13.2 Å². The van der Waals surface area contributed by atoms with Gasteiger partial charge in [-0.1, -0.05) is 18.6 Å². The van der Waals surface area contributed by atoms with Crippen molar-refractivity contribution in [2.45, 2.75) is 37.2 Å². The highest BCUT2D eigenvalue weighted by molar-refractivity contribution is 7.89. The van der Waals surface area contributed by atoms with Crippen LogP contribution in [0.5, 0.6) is 17.2 Å². The number of anilines is 1. The zero-order valence-corrected chi connectivity index (χ0v) is 18.2. The average Bonchev–Trinajstić information content (AvgIpc) is 2.80. The highest BCUT2D eigenvalue weighted by Gasteiger charge is 2.31.